The van der Waals surface area contributed by atoms with Gasteiger partial charge in [-0.1, -0.05) is 12.1 Å². The number of amides is 3. The number of hydrogen-bond acceptors (Lipinski definition) is 6. The first-order chi connectivity index (χ1) is 15.8. The van der Waals surface area contributed by atoms with Crippen molar-refractivity contribution in [1.29, 1.82) is 0 Å². The monoisotopic (exact) mass is 458 g/mol. The summed E-state index contributed by atoms with van der Waals surface area (Å²) in [5.41, 5.74) is 1.94. The van der Waals surface area contributed by atoms with E-state index < -0.39 is 11.8 Å². The molecule has 0 unspecified atom stereocenters. The van der Waals surface area contributed by atoms with Crippen molar-refractivity contribution in [2.45, 2.75) is 13.5 Å². The zero-order valence-corrected chi connectivity index (χ0v) is 19.3. The number of aryl methyl sites for hydroxylation is 1. The maximum absolute atomic E-state index is 15.0. The fraction of sp³-hybridized carbons (Fsp3) is 0.435. The number of nitrogens with one attached hydrogen (secondary N) is 2. The number of ether oxygens (including phenoxy) is 1. The minimum atomic E-state index is -0.543. The molecule has 0 saturated carbocycles. The van der Waals surface area contributed by atoms with Crippen molar-refractivity contribution in [2.75, 3.05) is 64.1 Å². The van der Waals surface area contributed by atoms with Crippen LogP contribution in [0.2, 0.25) is 0 Å². The lowest BCUT2D eigenvalue weighted by Gasteiger charge is -2.34. The van der Waals surface area contributed by atoms with Crippen molar-refractivity contribution >= 4 is 23.5 Å². The van der Waals surface area contributed by atoms with Gasteiger partial charge in [0.1, 0.15) is 6.61 Å². The molecule has 0 spiro atoms. The largest absolute Gasteiger partial charge is 0.448 e. The first kappa shape index (κ1) is 24.4. The summed E-state index contributed by atoms with van der Waals surface area (Å²) in [5.74, 6) is -0.472. The minimum Gasteiger partial charge on any atom is -0.448 e. The van der Waals surface area contributed by atoms with Crippen molar-refractivity contribution in [1.82, 2.24) is 19.7 Å². The Balaban J connectivity index is 1.50. The highest BCUT2D eigenvalue weighted by atomic mass is 19.1. The van der Waals surface area contributed by atoms with Gasteiger partial charge >= 0.3 is 12.1 Å². The number of hydrogen-bond donors (Lipinski definition) is 2. The predicted octanol–water partition coefficient (Wildman–Crippen LogP) is 2.99. The van der Waals surface area contributed by atoms with Gasteiger partial charge in [0.05, 0.1) is 17.6 Å². The smallest absolute Gasteiger partial charge is 0.409 e. The molecule has 0 bridgehead atoms. The van der Waals surface area contributed by atoms with Gasteiger partial charge in [-0.05, 0) is 39.2 Å². The Hall–Kier alpha value is -3.24. The highest BCUT2D eigenvalue weighted by molar-refractivity contribution is 5.99. The number of nitrogens with zero attached hydrogens (tertiary/aromatic N) is 4. The first-order valence-electron chi connectivity index (χ1n) is 10.9. The van der Waals surface area contributed by atoms with Crippen LogP contribution in [0.1, 0.15) is 11.3 Å². The molecule has 2 N–H and O–H groups in total. The molecule has 3 rings (SSSR count). The number of pyridine rings is 1. The number of urea groups is 1. The molecule has 2 aromatic rings. The lowest BCUT2D eigenvalue weighted by Crippen LogP contribution is -2.48. The number of halogens is 1. The van der Waals surface area contributed by atoms with Gasteiger partial charge in [0.25, 0.3) is 0 Å². The Morgan fingerprint density at radius 2 is 1.88 bits per heavy atom. The van der Waals surface area contributed by atoms with E-state index in [-0.39, 0.29) is 11.8 Å². The SMILES string of the molecule is Cc1ccc(NC(=O)Nc2cccc(CN3CCN(C(=O)OCCN(C)C)CC3)c2F)cn1. The van der Waals surface area contributed by atoms with E-state index in [9.17, 15) is 9.59 Å². The van der Waals surface area contributed by atoms with E-state index >= 15 is 4.39 Å². The molecule has 1 aliphatic heterocycles. The summed E-state index contributed by atoms with van der Waals surface area (Å²) in [4.78, 5) is 34.2. The number of benzene rings is 1. The molecule has 1 aromatic heterocycles. The lowest BCUT2D eigenvalue weighted by atomic mass is 10.1. The van der Waals surface area contributed by atoms with E-state index in [1.165, 1.54) is 6.07 Å². The van der Waals surface area contributed by atoms with Gasteiger partial charge < -0.3 is 25.2 Å². The van der Waals surface area contributed by atoms with Crippen molar-refractivity contribution in [2.24, 2.45) is 0 Å². The Bertz CT molecular complexity index is 946. The summed E-state index contributed by atoms with van der Waals surface area (Å²) in [6, 6.07) is 7.89. The normalized spacial score (nSPS) is 14.3. The van der Waals surface area contributed by atoms with Crippen molar-refractivity contribution in [3.63, 3.8) is 0 Å². The fourth-order valence-electron chi connectivity index (χ4n) is 3.36. The van der Waals surface area contributed by atoms with E-state index in [1.54, 1.807) is 35.4 Å². The molecular weight excluding hydrogens is 427 g/mol. The first-order valence-corrected chi connectivity index (χ1v) is 10.9. The molecule has 10 heteroatoms. The molecule has 1 saturated heterocycles. The lowest BCUT2D eigenvalue weighted by molar-refractivity contribution is 0.0705. The molecule has 2 heterocycles. The Kier molecular flexibility index (Phi) is 8.56. The summed E-state index contributed by atoms with van der Waals surface area (Å²) < 4.78 is 20.3. The van der Waals surface area contributed by atoms with Crippen LogP contribution >= 0.6 is 0 Å². The summed E-state index contributed by atoms with van der Waals surface area (Å²) in [5, 5.41) is 5.20. The van der Waals surface area contributed by atoms with Crippen molar-refractivity contribution in [3.05, 3.63) is 53.6 Å². The Labute approximate surface area is 193 Å². The Morgan fingerprint density at radius 3 is 2.55 bits per heavy atom. The number of piperazine rings is 1. The van der Waals surface area contributed by atoms with Crippen LogP contribution in [0.3, 0.4) is 0 Å². The second-order valence-corrected chi connectivity index (χ2v) is 8.23. The molecule has 3 amide bonds. The molecule has 0 atom stereocenters. The van der Waals surface area contributed by atoms with E-state index in [2.05, 4.69) is 20.5 Å². The van der Waals surface area contributed by atoms with Crippen LogP contribution in [-0.4, -0.2) is 85.2 Å². The number of anilines is 2. The van der Waals surface area contributed by atoms with Gasteiger partial charge in [-0.15, -0.1) is 0 Å². The molecule has 33 heavy (non-hydrogen) atoms. The van der Waals surface area contributed by atoms with Gasteiger partial charge in [-0.2, -0.15) is 0 Å². The molecular formula is C23H31FN6O3. The maximum atomic E-state index is 15.0. The predicted molar refractivity (Wildman–Crippen MR) is 125 cm³/mol. The average molecular weight is 459 g/mol. The van der Waals surface area contributed by atoms with Gasteiger partial charge in [0.2, 0.25) is 0 Å². The van der Waals surface area contributed by atoms with Crippen LogP contribution in [0, 0.1) is 12.7 Å². The quantitative estimate of drug-likeness (QED) is 0.663. The van der Waals surface area contributed by atoms with E-state index in [4.69, 9.17) is 4.74 Å². The third-order valence-corrected chi connectivity index (χ3v) is 5.28. The third-order valence-electron chi connectivity index (χ3n) is 5.28. The molecule has 0 aliphatic carbocycles. The highest BCUT2D eigenvalue weighted by Gasteiger charge is 2.23. The zero-order chi connectivity index (χ0) is 23.8. The highest BCUT2D eigenvalue weighted by Crippen LogP contribution is 2.21. The fourth-order valence-corrected chi connectivity index (χ4v) is 3.36. The minimum absolute atomic E-state index is 0.105. The molecule has 178 valence electrons. The van der Waals surface area contributed by atoms with Crippen LogP contribution in [-0.2, 0) is 11.3 Å². The molecule has 1 fully saturated rings. The Morgan fingerprint density at radius 1 is 1.12 bits per heavy atom. The topological polar surface area (TPSA) is 90.0 Å². The molecule has 0 radical (unpaired) electrons. The van der Waals surface area contributed by atoms with Crippen LogP contribution < -0.4 is 10.6 Å². The maximum Gasteiger partial charge on any atom is 0.409 e. The molecule has 1 aliphatic rings. The number of likely N-dealkylation sites (N-methyl/N-ethyl adjacent to an activating group) is 1. The standard InChI is InChI=1S/C23H31FN6O3/c1-17-7-8-19(15-25-17)26-22(31)27-20-6-4-5-18(21(20)24)16-29-9-11-30(12-10-29)23(32)33-14-13-28(2)3/h4-8,15H,9-14,16H2,1-3H3,(H2,26,27,31). The van der Waals surface area contributed by atoms with E-state index in [0.29, 0.717) is 57.1 Å². The summed E-state index contributed by atoms with van der Waals surface area (Å²) in [7, 11) is 3.84. The molecule has 1 aromatic carbocycles. The summed E-state index contributed by atoms with van der Waals surface area (Å²) in [6.45, 7) is 5.53. The van der Waals surface area contributed by atoms with Crippen LogP contribution in [0.15, 0.2) is 36.5 Å². The van der Waals surface area contributed by atoms with Crippen molar-refractivity contribution in [3.8, 4) is 0 Å². The zero-order valence-electron chi connectivity index (χ0n) is 19.3. The number of carbonyl (C=O) groups is 2. The number of rotatable bonds is 7. The number of aromatic nitrogens is 1. The average Bonchev–Trinajstić information content (AvgIpc) is 2.78. The second kappa shape index (κ2) is 11.6. The van der Waals surface area contributed by atoms with Crippen LogP contribution in [0.25, 0.3) is 0 Å². The van der Waals surface area contributed by atoms with Gasteiger partial charge in [0, 0.05) is 50.5 Å². The van der Waals surface area contributed by atoms with E-state index in [0.717, 1.165) is 5.69 Å². The summed E-state index contributed by atoms with van der Waals surface area (Å²) in [6.07, 6.45) is 1.22. The molecule has 9 nitrogen and oxygen atoms in total. The summed E-state index contributed by atoms with van der Waals surface area (Å²) >= 11 is 0. The number of carbonyl (C=O) groups excluding carboxylic acids is 2. The van der Waals surface area contributed by atoms with Gasteiger partial charge in [-0.3, -0.25) is 9.88 Å². The van der Waals surface area contributed by atoms with Gasteiger partial charge in [0.15, 0.2) is 5.82 Å². The third kappa shape index (κ3) is 7.40. The van der Waals surface area contributed by atoms with Crippen LogP contribution in [0.5, 0.6) is 0 Å². The van der Waals surface area contributed by atoms with E-state index in [1.807, 2.05) is 25.9 Å². The van der Waals surface area contributed by atoms with Crippen LogP contribution in [0.4, 0.5) is 25.4 Å². The van der Waals surface area contributed by atoms with Gasteiger partial charge in [-0.25, -0.2) is 14.0 Å². The van der Waals surface area contributed by atoms with Crippen molar-refractivity contribution < 1.29 is 18.7 Å². The second-order valence-electron chi connectivity index (χ2n) is 8.23.